The average Bonchev–Trinajstić information content (AvgIpc) is 2.10. The van der Waals surface area contributed by atoms with Crippen LogP contribution < -0.4 is 0 Å². The van der Waals surface area contributed by atoms with E-state index in [1.54, 1.807) is 5.70 Å². The summed E-state index contributed by atoms with van der Waals surface area (Å²) in [6.07, 6.45) is 12.5. The maximum atomic E-state index is 10.1. The summed E-state index contributed by atoms with van der Waals surface area (Å²) in [7, 11) is -1.12. The maximum Gasteiger partial charge on any atom is 0.230 e. The summed E-state index contributed by atoms with van der Waals surface area (Å²) in [6, 6.07) is 0. The number of unbranched alkanes of at least 4 members (excludes halogenated alkanes) is 4. The van der Waals surface area contributed by atoms with Crippen LogP contribution in [-0.2, 0) is 4.80 Å². The summed E-state index contributed by atoms with van der Waals surface area (Å²) in [4.78, 5) is 10.1. The van der Waals surface area contributed by atoms with Gasteiger partial charge in [-0.3, -0.25) is 0 Å². The van der Waals surface area contributed by atoms with E-state index < -0.39 is 9.76 Å². The van der Waals surface area contributed by atoms with E-state index >= 15 is 0 Å². The molecule has 0 aromatic heterocycles. The minimum Gasteiger partial charge on any atom is -0.301 e. The molecule has 0 aromatic rings. The van der Waals surface area contributed by atoms with Crippen LogP contribution in [0.4, 0.5) is 0 Å². The van der Waals surface area contributed by atoms with Gasteiger partial charge in [-0.25, -0.2) is 0 Å². The van der Waals surface area contributed by atoms with Crippen LogP contribution >= 0.6 is 0 Å². The molecule has 69 valence electrons. The molecule has 0 unspecified atom stereocenters. The van der Waals surface area contributed by atoms with Crippen LogP contribution in [-0.4, -0.2) is 9.76 Å². The molecule has 0 aliphatic rings. The van der Waals surface area contributed by atoms with Gasteiger partial charge in [0, 0.05) is 0 Å². The van der Waals surface area contributed by atoms with Crippen molar-refractivity contribution in [3.05, 3.63) is 23.9 Å². The second-order valence-electron chi connectivity index (χ2n) is 2.87. The summed E-state index contributed by atoms with van der Waals surface area (Å²) < 4.78 is 0. The highest BCUT2D eigenvalue weighted by Crippen LogP contribution is 2.02. The minimum absolute atomic E-state index is 1.12. The number of allylic oxidation sites excluding steroid dienone is 3. The van der Waals surface area contributed by atoms with E-state index in [0.29, 0.717) is 0 Å². The van der Waals surface area contributed by atoms with E-state index in [9.17, 15) is 4.80 Å². The quantitative estimate of drug-likeness (QED) is 0.328. The molecule has 0 spiro atoms. The number of hydrogen-bond acceptors (Lipinski definition) is 0. The standard InChI is InChI=1S/C10H19OSi/c1-2-3-4-5-6-7-8-9-10-12-11/h7-10H,2-6,12H2,1H3/b8-7+,10-9+. The predicted molar refractivity (Wildman–Crippen MR) is 56.3 cm³/mol. The fourth-order valence-electron chi connectivity index (χ4n) is 0.998. The molecule has 0 heterocycles. The van der Waals surface area contributed by atoms with E-state index in [2.05, 4.69) is 13.0 Å². The normalized spacial score (nSPS) is 12.8. The zero-order valence-corrected chi connectivity index (χ0v) is 9.37. The lowest BCUT2D eigenvalue weighted by Gasteiger charge is -1.92. The number of hydrogen-bond donors (Lipinski definition) is 0. The zero-order chi connectivity index (χ0) is 9.07. The Kier molecular flexibility index (Phi) is 10.4. The van der Waals surface area contributed by atoms with Gasteiger partial charge in [0.2, 0.25) is 9.76 Å². The van der Waals surface area contributed by atoms with Crippen molar-refractivity contribution in [2.24, 2.45) is 0 Å². The Labute approximate surface area is 78.1 Å². The lowest BCUT2D eigenvalue weighted by atomic mass is 10.1. The van der Waals surface area contributed by atoms with Crippen molar-refractivity contribution < 1.29 is 4.80 Å². The van der Waals surface area contributed by atoms with Crippen molar-refractivity contribution in [3.8, 4) is 0 Å². The SMILES string of the molecule is CCCCCC/C=C/C=C/[SiH2][O]. The molecule has 0 bridgehead atoms. The lowest BCUT2D eigenvalue weighted by Crippen LogP contribution is -1.74. The van der Waals surface area contributed by atoms with Gasteiger partial charge in [0.15, 0.2) is 0 Å². The van der Waals surface area contributed by atoms with Crippen LogP contribution in [0.1, 0.15) is 39.0 Å². The molecule has 0 amide bonds. The Morgan fingerprint density at radius 3 is 2.67 bits per heavy atom. The van der Waals surface area contributed by atoms with E-state index in [1.165, 1.54) is 25.7 Å². The van der Waals surface area contributed by atoms with Crippen molar-refractivity contribution in [2.75, 3.05) is 0 Å². The molecule has 0 aliphatic heterocycles. The first kappa shape index (κ1) is 11.7. The summed E-state index contributed by atoms with van der Waals surface area (Å²) in [6.45, 7) is 2.22. The van der Waals surface area contributed by atoms with Crippen molar-refractivity contribution in [2.45, 2.75) is 39.0 Å². The van der Waals surface area contributed by atoms with Crippen molar-refractivity contribution in [3.63, 3.8) is 0 Å². The Bertz CT molecular complexity index is 130. The molecule has 0 saturated heterocycles. The van der Waals surface area contributed by atoms with Crippen LogP contribution in [0, 0.1) is 0 Å². The summed E-state index contributed by atoms with van der Waals surface area (Å²) >= 11 is 0. The van der Waals surface area contributed by atoms with Crippen LogP contribution in [0.3, 0.4) is 0 Å². The minimum atomic E-state index is -1.12. The van der Waals surface area contributed by atoms with Gasteiger partial charge in [-0.15, -0.1) is 0 Å². The second-order valence-corrected chi connectivity index (χ2v) is 3.68. The van der Waals surface area contributed by atoms with E-state index in [-0.39, 0.29) is 0 Å². The molecular weight excluding hydrogens is 164 g/mol. The summed E-state index contributed by atoms with van der Waals surface area (Å²) in [5.41, 5.74) is 1.77. The number of rotatable bonds is 7. The molecule has 1 radical (unpaired) electrons. The van der Waals surface area contributed by atoms with Crippen LogP contribution in [0.25, 0.3) is 0 Å². The molecule has 0 aromatic carbocycles. The third kappa shape index (κ3) is 9.66. The van der Waals surface area contributed by atoms with Gasteiger partial charge in [0.25, 0.3) is 0 Å². The van der Waals surface area contributed by atoms with Gasteiger partial charge < -0.3 is 4.80 Å². The van der Waals surface area contributed by atoms with Crippen LogP contribution in [0.5, 0.6) is 0 Å². The highest BCUT2D eigenvalue weighted by molar-refractivity contribution is 6.32. The zero-order valence-electron chi connectivity index (χ0n) is 7.96. The Balaban J connectivity index is 3.07. The Morgan fingerprint density at radius 1 is 1.17 bits per heavy atom. The molecule has 0 rings (SSSR count). The van der Waals surface area contributed by atoms with Crippen LogP contribution in [0.2, 0.25) is 0 Å². The first-order valence-corrected chi connectivity index (χ1v) is 6.21. The van der Waals surface area contributed by atoms with Crippen LogP contribution in [0.15, 0.2) is 23.9 Å². The monoisotopic (exact) mass is 183 g/mol. The molecule has 12 heavy (non-hydrogen) atoms. The smallest absolute Gasteiger partial charge is 0.230 e. The van der Waals surface area contributed by atoms with Crippen molar-refractivity contribution in [1.29, 1.82) is 0 Å². The van der Waals surface area contributed by atoms with Crippen molar-refractivity contribution >= 4 is 9.76 Å². The van der Waals surface area contributed by atoms with Gasteiger partial charge >= 0.3 is 0 Å². The first-order valence-electron chi connectivity index (χ1n) is 4.81. The Hall–Kier alpha value is -0.343. The predicted octanol–water partition coefficient (Wildman–Crippen LogP) is 2.54. The van der Waals surface area contributed by atoms with Gasteiger partial charge in [-0.1, -0.05) is 50.1 Å². The maximum absolute atomic E-state index is 10.1. The summed E-state index contributed by atoms with van der Waals surface area (Å²) in [5, 5.41) is 0. The third-order valence-corrected chi connectivity index (χ3v) is 2.17. The fourth-order valence-corrected chi connectivity index (χ4v) is 1.27. The highest BCUT2D eigenvalue weighted by Gasteiger charge is 1.82. The molecule has 0 saturated carbocycles. The summed E-state index contributed by atoms with van der Waals surface area (Å²) in [5.74, 6) is 0. The van der Waals surface area contributed by atoms with Gasteiger partial charge in [-0.2, -0.15) is 0 Å². The lowest BCUT2D eigenvalue weighted by molar-refractivity contribution is 0.483. The van der Waals surface area contributed by atoms with E-state index in [1.807, 2.05) is 12.2 Å². The molecule has 0 fully saturated rings. The van der Waals surface area contributed by atoms with Crippen molar-refractivity contribution in [1.82, 2.24) is 0 Å². The molecule has 0 N–H and O–H groups in total. The third-order valence-electron chi connectivity index (χ3n) is 1.70. The molecule has 1 nitrogen and oxygen atoms in total. The molecular formula is C10H19OSi. The molecule has 0 aliphatic carbocycles. The van der Waals surface area contributed by atoms with E-state index in [0.717, 1.165) is 6.42 Å². The Morgan fingerprint density at radius 2 is 2.00 bits per heavy atom. The van der Waals surface area contributed by atoms with Gasteiger partial charge in [-0.05, 0) is 12.8 Å². The van der Waals surface area contributed by atoms with Gasteiger partial charge in [0.1, 0.15) is 0 Å². The largest absolute Gasteiger partial charge is 0.301 e. The average molecular weight is 183 g/mol. The molecule has 2 heteroatoms. The van der Waals surface area contributed by atoms with E-state index in [4.69, 9.17) is 0 Å². The highest BCUT2D eigenvalue weighted by atomic mass is 28.2. The van der Waals surface area contributed by atoms with Gasteiger partial charge in [0.05, 0.1) is 0 Å². The first-order chi connectivity index (χ1) is 5.91. The molecule has 0 atom stereocenters. The second kappa shape index (κ2) is 10.7. The topological polar surface area (TPSA) is 19.9 Å². The fraction of sp³-hybridized carbons (Fsp3) is 0.600.